The Kier molecular flexibility index (Phi) is 8.85. The van der Waals surface area contributed by atoms with Crippen LogP contribution in [0, 0.1) is 22.6 Å². The van der Waals surface area contributed by atoms with E-state index in [4.69, 9.17) is 9.47 Å². The first kappa shape index (κ1) is 25.3. The third-order valence-electron chi connectivity index (χ3n) is 7.04. The Balaban J connectivity index is 1.38. The average Bonchev–Trinajstić information content (AvgIpc) is 2.90. The summed E-state index contributed by atoms with van der Waals surface area (Å²) in [6.45, 7) is 3.29. The summed E-state index contributed by atoms with van der Waals surface area (Å²) in [5.74, 6) is 0.277. The van der Waals surface area contributed by atoms with Gasteiger partial charge in [-0.1, -0.05) is 0 Å². The molecule has 1 saturated heterocycles. The van der Waals surface area contributed by atoms with Gasteiger partial charge in [0.2, 0.25) is 0 Å². The lowest BCUT2D eigenvalue weighted by molar-refractivity contribution is 0.0456. The normalized spacial score (nSPS) is 21.7. The second-order valence-corrected chi connectivity index (χ2v) is 9.51. The van der Waals surface area contributed by atoms with Crippen molar-refractivity contribution in [2.75, 3.05) is 50.7 Å². The third kappa shape index (κ3) is 6.88. The molecule has 0 radical (unpaired) electrons. The SMILES string of the molecule is COCCNC1CCC(Nc2cc(-c3cncc(NCC4(C#N)CCOCC4)c3)c(F)cn2)CC1. The maximum Gasteiger partial charge on any atom is 0.149 e. The molecular formula is C26H35FN6O2. The molecule has 8 nitrogen and oxygen atoms in total. The summed E-state index contributed by atoms with van der Waals surface area (Å²) >= 11 is 0. The van der Waals surface area contributed by atoms with Gasteiger partial charge in [-0.05, 0) is 50.7 Å². The van der Waals surface area contributed by atoms with Crippen LogP contribution in [0.4, 0.5) is 15.9 Å². The lowest BCUT2D eigenvalue weighted by Crippen LogP contribution is -2.38. The molecule has 0 bridgehead atoms. The Morgan fingerprint density at radius 2 is 1.91 bits per heavy atom. The number of nitrogens with zero attached hydrogens (tertiary/aromatic N) is 3. The summed E-state index contributed by atoms with van der Waals surface area (Å²) in [6, 6.07) is 6.92. The van der Waals surface area contributed by atoms with Crippen LogP contribution in [0.3, 0.4) is 0 Å². The van der Waals surface area contributed by atoms with Crippen LogP contribution in [0.15, 0.2) is 30.7 Å². The minimum Gasteiger partial charge on any atom is -0.383 e. The highest BCUT2D eigenvalue weighted by Gasteiger charge is 2.32. The molecule has 4 rings (SSSR count). The number of hydrogen-bond donors (Lipinski definition) is 3. The molecule has 0 spiro atoms. The molecule has 1 saturated carbocycles. The van der Waals surface area contributed by atoms with Crippen molar-refractivity contribution in [3.8, 4) is 17.2 Å². The van der Waals surface area contributed by atoms with Crippen molar-refractivity contribution in [3.63, 3.8) is 0 Å². The minimum absolute atomic E-state index is 0.314. The average molecular weight is 483 g/mol. The third-order valence-corrected chi connectivity index (χ3v) is 7.04. The number of rotatable bonds is 10. The van der Waals surface area contributed by atoms with E-state index in [2.05, 4.69) is 32.0 Å². The highest BCUT2D eigenvalue weighted by atomic mass is 19.1. The summed E-state index contributed by atoms with van der Waals surface area (Å²) in [7, 11) is 1.71. The topological polar surface area (TPSA) is 104 Å². The Morgan fingerprint density at radius 1 is 1.14 bits per heavy atom. The van der Waals surface area contributed by atoms with Gasteiger partial charge in [-0.15, -0.1) is 0 Å². The first-order chi connectivity index (χ1) is 17.1. The van der Waals surface area contributed by atoms with E-state index >= 15 is 0 Å². The van der Waals surface area contributed by atoms with Gasteiger partial charge in [0, 0.05) is 69.0 Å². The minimum atomic E-state index is -0.453. The van der Waals surface area contributed by atoms with Gasteiger partial charge >= 0.3 is 0 Å². The Bertz CT molecular complexity index is 1000. The predicted molar refractivity (Wildman–Crippen MR) is 134 cm³/mol. The highest BCUT2D eigenvalue weighted by molar-refractivity contribution is 5.69. The van der Waals surface area contributed by atoms with Crippen LogP contribution >= 0.6 is 0 Å². The Hall–Kier alpha value is -2.80. The first-order valence-corrected chi connectivity index (χ1v) is 12.4. The van der Waals surface area contributed by atoms with Gasteiger partial charge in [0.25, 0.3) is 0 Å². The number of ether oxygens (including phenoxy) is 2. The summed E-state index contributed by atoms with van der Waals surface area (Å²) in [4.78, 5) is 8.58. The van der Waals surface area contributed by atoms with Crippen molar-refractivity contribution in [2.45, 2.75) is 50.6 Å². The second-order valence-electron chi connectivity index (χ2n) is 9.51. The largest absolute Gasteiger partial charge is 0.383 e. The number of nitriles is 1. The predicted octanol–water partition coefficient (Wildman–Crippen LogP) is 3.97. The molecule has 188 valence electrons. The molecule has 2 aliphatic rings. The number of methoxy groups -OCH3 is 1. The monoisotopic (exact) mass is 482 g/mol. The van der Waals surface area contributed by atoms with E-state index in [0.717, 1.165) is 44.5 Å². The molecule has 2 aromatic rings. The van der Waals surface area contributed by atoms with Crippen molar-refractivity contribution in [3.05, 3.63) is 36.5 Å². The number of hydrogen-bond acceptors (Lipinski definition) is 8. The van der Waals surface area contributed by atoms with E-state index in [9.17, 15) is 9.65 Å². The molecule has 0 amide bonds. The number of anilines is 2. The molecule has 0 aromatic carbocycles. The van der Waals surface area contributed by atoms with E-state index in [1.807, 2.05) is 6.07 Å². The first-order valence-electron chi connectivity index (χ1n) is 12.4. The molecule has 0 unspecified atom stereocenters. The maximum atomic E-state index is 14.7. The maximum absolute atomic E-state index is 14.7. The van der Waals surface area contributed by atoms with Gasteiger partial charge in [0.05, 0.1) is 30.0 Å². The quantitative estimate of drug-likeness (QED) is 0.437. The lowest BCUT2D eigenvalue weighted by atomic mass is 9.81. The van der Waals surface area contributed by atoms with E-state index in [1.54, 1.807) is 25.6 Å². The fourth-order valence-electron chi connectivity index (χ4n) is 4.80. The smallest absolute Gasteiger partial charge is 0.149 e. The summed E-state index contributed by atoms with van der Waals surface area (Å²) < 4.78 is 25.3. The summed E-state index contributed by atoms with van der Waals surface area (Å²) in [5, 5.41) is 20.0. The van der Waals surface area contributed by atoms with Gasteiger partial charge in [0.15, 0.2) is 0 Å². The molecule has 3 N–H and O–H groups in total. The van der Waals surface area contributed by atoms with Crippen LogP contribution in [-0.4, -0.2) is 62.1 Å². The van der Waals surface area contributed by atoms with E-state index in [-0.39, 0.29) is 0 Å². The van der Waals surface area contributed by atoms with Crippen LogP contribution in [0.2, 0.25) is 0 Å². The van der Waals surface area contributed by atoms with Crippen LogP contribution < -0.4 is 16.0 Å². The van der Waals surface area contributed by atoms with E-state index in [1.165, 1.54) is 6.20 Å². The van der Waals surface area contributed by atoms with Crippen molar-refractivity contribution < 1.29 is 13.9 Å². The van der Waals surface area contributed by atoms with Gasteiger partial charge in [0.1, 0.15) is 11.6 Å². The number of nitrogens with one attached hydrogen (secondary N) is 3. The molecule has 1 aliphatic carbocycles. The van der Waals surface area contributed by atoms with Gasteiger partial charge in [-0.2, -0.15) is 5.26 Å². The molecule has 35 heavy (non-hydrogen) atoms. The van der Waals surface area contributed by atoms with Gasteiger partial charge < -0.3 is 25.4 Å². The molecule has 3 heterocycles. The fraction of sp³-hybridized carbons (Fsp3) is 0.577. The molecule has 2 aromatic heterocycles. The van der Waals surface area contributed by atoms with Crippen LogP contribution in [0.25, 0.3) is 11.1 Å². The highest BCUT2D eigenvalue weighted by Crippen LogP contribution is 2.31. The van der Waals surface area contributed by atoms with Crippen LogP contribution in [0.5, 0.6) is 0 Å². The fourth-order valence-corrected chi connectivity index (χ4v) is 4.80. The molecule has 9 heteroatoms. The summed E-state index contributed by atoms with van der Waals surface area (Å²) in [6.07, 6.45) is 10.3. The van der Waals surface area contributed by atoms with Crippen LogP contribution in [0.1, 0.15) is 38.5 Å². The molecular weight excluding hydrogens is 447 g/mol. The van der Waals surface area contributed by atoms with Crippen molar-refractivity contribution in [2.24, 2.45) is 5.41 Å². The zero-order chi connectivity index (χ0) is 24.5. The lowest BCUT2D eigenvalue weighted by Gasteiger charge is -2.31. The molecule has 1 aliphatic heterocycles. The zero-order valence-corrected chi connectivity index (χ0v) is 20.4. The molecule has 0 atom stereocenters. The number of halogens is 1. The Labute approximate surface area is 206 Å². The van der Waals surface area contributed by atoms with Crippen molar-refractivity contribution in [1.82, 2.24) is 15.3 Å². The van der Waals surface area contributed by atoms with E-state index in [0.29, 0.717) is 61.6 Å². The van der Waals surface area contributed by atoms with Crippen LogP contribution in [-0.2, 0) is 9.47 Å². The zero-order valence-electron chi connectivity index (χ0n) is 20.4. The van der Waals surface area contributed by atoms with Gasteiger partial charge in [-0.3, -0.25) is 4.98 Å². The molecule has 2 fully saturated rings. The summed E-state index contributed by atoms with van der Waals surface area (Å²) in [5.41, 5.74) is 1.43. The number of aromatic nitrogens is 2. The standard InChI is InChI=1S/C26H35FN6O2/c1-34-11-8-30-20-2-4-21(5-3-20)33-25-13-23(24(27)16-31-25)19-12-22(15-29-14-19)32-18-26(17-28)6-9-35-10-7-26/h12-16,20-21,30,32H,2-11,18H2,1H3,(H,31,33). The van der Waals surface area contributed by atoms with E-state index < -0.39 is 11.2 Å². The van der Waals surface area contributed by atoms with Gasteiger partial charge in [-0.25, -0.2) is 9.37 Å². The number of pyridine rings is 2. The second kappa shape index (κ2) is 12.2. The van der Waals surface area contributed by atoms with Crippen molar-refractivity contribution in [1.29, 1.82) is 5.26 Å². The van der Waals surface area contributed by atoms with Crippen molar-refractivity contribution >= 4 is 11.5 Å². The Morgan fingerprint density at radius 3 is 2.66 bits per heavy atom.